The van der Waals surface area contributed by atoms with Crippen molar-refractivity contribution in [3.05, 3.63) is 22.4 Å². The Morgan fingerprint density at radius 2 is 2.08 bits per heavy atom. The molecule has 0 aromatic carbocycles. The van der Waals surface area contributed by atoms with Crippen LogP contribution in [0.25, 0.3) is 0 Å². The molecule has 1 aliphatic rings. The molecular formula is C8H8Cl2NP. The Hall–Kier alpha value is 0.160. The average Bonchev–Trinajstić information content (AvgIpc) is 1.91. The Morgan fingerprint density at radius 1 is 1.33 bits per heavy atom. The van der Waals surface area contributed by atoms with Gasteiger partial charge in [0.1, 0.15) is 5.15 Å². The predicted octanol–water partition coefficient (Wildman–Crippen LogP) is 2.90. The van der Waals surface area contributed by atoms with Crippen molar-refractivity contribution in [2.24, 2.45) is 0 Å². The van der Waals surface area contributed by atoms with Crippen LogP contribution in [0.2, 0.25) is 10.2 Å². The van der Waals surface area contributed by atoms with Crippen molar-refractivity contribution in [1.29, 1.82) is 0 Å². The van der Waals surface area contributed by atoms with Crippen LogP contribution < -0.4 is 5.30 Å². The maximum absolute atomic E-state index is 6.03. The molecule has 0 saturated carbocycles. The summed E-state index contributed by atoms with van der Waals surface area (Å²) in [6.07, 6.45) is 5.77. The summed E-state index contributed by atoms with van der Waals surface area (Å²) in [6, 6.07) is 1.74. The fourth-order valence-electron chi connectivity index (χ4n) is 1.19. The highest BCUT2D eigenvalue weighted by atomic mass is 35.5. The highest BCUT2D eigenvalue weighted by Gasteiger charge is 2.21. The first kappa shape index (κ1) is 8.74. The summed E-state index contributed by atoms with van der Waals surface area (Å²) in [4.78, 5) is 4.04. The van der Waals surface area contributed by atoms with Crippen molar-refractivity contribution in [2.45, 2.75) is 6.42 Å². The molecule has 0 amide bonds. The lowest BCUT2D eigenvalue weighted by atomic mass is 10.5. The number of hydrogen-bond donors (Lipinski definition) is 0. The molecular weight excluding hydrogens is 212 g/mol. The molecule has 1 saturated heterocycles. The molecule has 0 unspecified atom stereocenters. The summed E-state index contributed by atoms with van der Waals surface area (Å²) in [7, 11) is 0.0208. The van der Waals surface area contributed by atoms with E-state index in [4.69, 9.17) is 23.2 Å². The van der Waals surface area contributed by atoms with E-state index in [9.17, 15) is 0 Å². The minimum atomic E-state index is 0.0208. The van der Waals surface area contributed by atoms with E-state index in [1.54, 1.807) is 6.07 Å². The minimum absolute atomic E-state index is 0.0208. The van der Waals surface area contributed by atoms with E-state index in [1.165, 1.54) is 24.0 Å². The topological polar surface area (TPSA) is 12.9 Å². The van der Waals surface area contributed by atoms with Gasteiger partial charge in [0.25, 0.3) is 0 Å². The highest BCUT2D eigenvalue weighted by Crippen LogP contribution is 2.46. The van der Waals surface area contributed by atoms with Crippen molar-refractivity contribution in [2.75, 3.05) is 12.3 Å². The summed E-state index contributed by atoms with van der Waals surface area (Å²) < 4.78 is 0. The third kappa shape index (κ3) is 1.59. The van der Waals surface area contributed by atoms with Crippen LogP contribution in [0.1, 0.15) is 6.42 Å². The number of pyridine rings is 1. The zero-order chi connectivity index (χ0) is 8.55. The van der Waals surface area contributed by atoms with Crippen LogP contribution in [0, 0.1) is 0 Å². The Morgan fingerprint density at radius 3 is 2.58 bits per heavy atom. The van der Waals surface area contributed by atoms with Gasteiger partial charge in [0.15, 0.2) is 0 Å². The molecule has 0 radical (unpaired) electrons. The third-order valence-electron chi connectivity index (χ3n) is 2.00. The van der Waals surface area contributed by atoms with Gasteiger partial charge in [-0.15, -0.1) is 0 Å². The molecule has 1 aromatic heterocycles. The van der Waals surface area contributed by atoms with E-state index in [0.717, 1.165) is 5.02 Å². The maximum atomic E-state index is 6.03. The molecule has 1 aromatic rings. The molecule has 2 heterocycles. The molecule has 0 atom stereocenters. The largest absolute Gasteiger partial charge is 0.244 e. The van der Waals surface area contributed by atoms with Gasteiger partial charge in [-0.25, -0.2) is 4.98 Å². The van der Waals surface area contributed by atoms with Gasteiger partial charge in [0.2, 0.25) is 0 Å². The van der Waals surface area contributed by atoms with Crippen LogP contribution in [-0.2, 0) is 0 Å². The molecule has 12 heavy (non-hydrogen) atoms. The van der Waals surface area contributed by atoms with Gasteiger partial charge >= 0.3 is 0 Å². The summed E-state index contributed by atoms with van der Waals surface area (Å²) >= 11 is 11.7. The second-order valence-corrected chi connectivity index (χ2v) is 6.05. The fourth-order valence-corrected chi connectivity index (χ4v) is 3.62. The first-order valence-corrected chi connectivity index (χ1v) is 6.30. The lowest BCUT2D eigenvalue weighted by Crippen LogP contribution is -2.16. The van der Waals surface area contributed by atoms with Crippen molar-refractivity contribution >= 4 is 36.4 Å². The smallest absolute Gasteiger partial charge is 0.130 e. The zero-order valence-electron chi connectivity index (χ0n) is 6.43. The van der Waals surface area contributed by atoms with Crippen molar-refractivity contribution in [3.8, 4) is 0 Å². The zero-order valence-corrected chi connectivity index (χ0v) is 8.83. The van der Waals surface area contributed by atoms with Crippen LogP contribution >= 0.6 is 31.1 Å². The maximum Gasteiger partial charge on any atom is 0.130 e. The van der Waals surface area contributed by atoms with E-state index >= 15 is 0 Å². The highest BCUT2D eigenvalue weighted by molar-refractivity contribution is 7.67. The Balaban J connectivity index is 2.31. The number of nitrogens with zero attached hydrogens (tertiary/aromatic N) is 1. The number of rotatable bonds is 1. The second kappa shape index (κ2) is 3.49. The van der Waals surface area contributed by atoms with Crippen molar-refractivity contribution < 1.29 is 0 Å². The van der Waals surface area contributed by atoms with Crippen LogP contribution in [0.4, 0.5) is 0 Å². The standard InChI is InChI=1S/C8H8Cl2NP/c9-6-4-8(10)11-5-7(6)12-2-1-3-12/h4-5H,1-3H2. The van der Waals surface area contributed by atoms with E-state index in [0.29, 0.717) is 5.15 Å². The van der Waals surface area contributed by atoms with E-state index in [1.807, 2.05) is 6.20 Å². The van der Waals surface area contributed by atoms with Crippen LogP contribution in [-0.4, -0.2) is 17.3 Å². The quantitative estimate of drug-likeness (QED) is 0.523. The fraction of sp³-hybridized carbons (Fsp3) is 0.375. The van der Waals surface area contributed by atoms with Gasteiger partial charge in [0, 0.05) is 11.5 Å². The van der Waals surface area contributed by atoms with Gasteiger partial charge in [-0.1, -0.05) is 31.1 Å². The molecule has 1 aliphatic heterocycles. The lowest BCUT2D eigenvalue weighted by Gasteiger charge is -2.26. The average molecular weight is 220 g/mol. The minimum Gasteiger partial charge on any atom is -0.244 e. The van der Waals surface area contributed by atoms with Crippen LogP contribution in [0.15, 0.2) is 12.3 Å². The van der Waals surface area contributed by atoms with E-state index in [-0.39, 0.29) is 7.92 Å². The molecule has 0 aliphatic carbocycles. The number of hydrogen-bond acceptors (Lipinski definition) is 1. The molecule has 1 fully saturated rings. The lowest BCUT2D eigenvalue weighted by molar-refractivity contribution is 1.03. The molecule has 0 bridgehead atoms. The van der Waals surface area contributed by atoms with Gasteiger partial charge in [-0.2, -0.15) is 0 Å². The molecule has 0 spiro atoms. The van der Waals surface area contributed by atoms with Gasteiger partial charge in [0.05, 0.1) is 5.02 Å². The van der Waals surface area contributed by atoms with Crippen molar-refractivity contribution in [3.63, 3.8) is 0 Å². The number of halogens is 2. The van der Waals surface area contributed by atoms with Gasteiger partial charge in [-0.05, 0) is 24.8 Å². The first-order valence-electron chi connectivity index (χ1n) is 3.83. The van der Waals surface area contributed by atoms with Crippen molar-refractivity contribution in [1.82, 2.24) is 4.98 Å². The van der Waals surface area contributed by atoms with Gasteiger partial charge < -0.3 is 0 Å². The summed E-state index contributed by atoms with van der Waals surface area (Å²) in [5.41, 5.74) is 0. The third-order valence-corrected chi connectivity index (χ3v) is 5.40. The molecule has 64 valence electrons. The number of aromatic nitrogens is 1. The Bertz CT molecular complexity index is 299. The summed E-state index contributed by atoms with van der Waals surface area (Å²) in [5.74, 6) is 0. The molecule has 1 nitrogen and oxygen atoms in total. The van der Waals surface area contributed by atoms with E-state index in [2.05, 4.69) is 4.98 Å². The molecule has 4 heteroatoms. The SMILES string of the molecule is Clc1cc(Cl)c(P2CCC2)cn1. The Kier molecular flexibility index (Phi) is 2.55. The summed E-state index contributed by atoms with van der Waals surface area (Å²) in [5, 5.41) is 2.50. The molecule has 2 rings (SSSR count). The van der Waals surface area contributed by atoms with E-state index < -0.39 is 0 Å². The first-order chi connectivity index (χ1) is 5.77. The second-order valence-electron chi connectivity index (χ2n) is 2.80. The summed E-state index contributed by atoms with van der Waals surface area (Å²) in [6.45, 7) is 0. The van der Waals surface area contributed by atoms with Crippen LogP contribution in [0.3, 0.4) is 0 Å². The normalized spacial score (nSPS) is 17.5. The predicted molar refractivity (Wildman–Crippen MR) is 55.2 cm³/mol. The Labute approximate surface area is 82.8 Å². The van der Waals surface area contributed by atoms with Crippen LogP contribution in [0.5, 0.6) is 0 Å². The molecule has 0 N–H and O–H groups in total. The monoisotopic (exact) mass is 219 g/mol. The van der Waals surface area contributed by atoms with Gasteiger partial charge in [-0.3, -0.25) is 0 Å².